The second kappa shape index (κ2) is 10.8. The van der Waals surface area contributed by atoms with Crippen LogP contribution in [0.2, 0.25) is 0 Å². The Kier molecular flexibility index (Phi) is 7.26. The van der Waals surface area contributed by atoms with Crippen LogP contribution in [0.4, 0.5) is 23.2 Å². The fourth-order valence-electron chi connectivity index (χ4n) is 6.36. The van der Waals surface area contributed by atoms with Crippen molar-refractivity contribution in [2.24, 2.45) is 5.92 Å². The van der Waals surface area contributed by atoms with Crippen molar-refractivity contribution in [2.45, 2.75) is 44.8 Å². The average molecular weight is 549 g/mol. The molecule has 0 unspecified atom stereocenters. The lowest BCUT2D eigenvalue weighted by atomic mass is 9.88. The van der Waals surface area contributed by atoms with Gasteiger partial charge in [0.05, 0.1) is 5.56 Å². The summed E-state index contributed by atoms with van der Waals surface area (Å²) in [4.78, 5) is 17.8. The van der Waals surface area contributed by atoms with Gasteiger partial charge in [0.15, 0.2) is 5.78 Å². The van der Waals surface area contributed by atoms with Crippen LogP contribution in [0.15, 0.2) is 72.3 Å². The Balaban J connectivity index is 1.08. The van der Waals surface area contributed by atoms with Crippen LogP contribution in [-0.4, -0.2) is 36.9 Å². The summed E-state index contributed by atoms with van der Waals surface area (Å²) >= 11 is 0. The van der Waals surface area contributed by atoms with Gasteiger partial charge in [-0.25, -0.2) is 4.39 Å². The number of Topliss-reactive ketones (excluding diaryl/α,β-unsaturated/α-hetero) is 1. The van der Waals surface area contributed by atoms with E-state index in [2.05, 4.69) is 21.9 Å². The third-order valence-corrected chi connectivity index (χ3v) is 8.67. The molecule has 3 aromatic carbocycles. The standard InChI is InChI=1S/C33H32F4N2O/c34-28-7-9-29(10-8-28)39-15-11-22(12-16-39)17-32(40)26-4-3-24-18-25-13-14-38(21-31(25)30(24)19-26)20-23-1-5-27(6-2-23)33(35,36)37/h1-10,19,22H,11-18,20-21H2. The Morgan fingerprint density at radius 3 is 2.33 bits per heavy atom. The lowest BCUT2D eigenvalue weighted by Gasteiger charge is -2.33. The first-order valence-corrected chi connectivity index (χ1v) is 14.0. The summed E-state index contributed by atoms with van der Waals surface area (Å²) in [5.41, 5.74) is 7.12. The Hall–Kier alpha value is -3.45. The minimum Gasteiger partial charge on any atom is -0.372 e. The fraction of sp³-hybridized carbons (Fsp3) is 0.364. The van der Waals surface area contributed by atoms with E-state index in [-0.39, 0.29) is 11.6 Å². The van der Waals surface area contributed by atoms with Crippen molar-refractivity contribution in [3.63, 3.8) is 0 Å². The van der Waals surface area contributed by atoms with Crippen LogP contribution < -0.4 is 4.90 Å². The molecule has 0 radical (unpaired) electrons. The molecule has 2 heterocycles. The van der Waals surface area contributed by atoms with E-state index < -0.39 is 11.7 Å². The van der Waals surface area contributed by atoms with Gasteiger partial charge >= 0.3 is 6.18 Å². The number of ketones is 1. The lowest BCUT2D eigenvalue weighted by molar-refractivity contribution is -0.137. The van der Waals surface area contributed by atoms with Crippen LogP contribution >= 0.6 is 0 Å². The van der Waals surface area contributed by atoms with Gasteiger partial charge in [0.25, 0.3) is 0 Å². The molecule has 3 nitrogen and oxygen atoms in total. The molecule has 0 spiro atoms. The first-order valence-electron chi connectivity index (χ1n) is 14.0. The van der Waals surface area contributed by atoms with Crippen molar-refractivity contribution in [1.82, 2.24) is 4.90 Å². The number of halogens is 4. The highest BCUT2D eigenvalue weighted by Crippen LogP contribution is 2.39. The van der Waals surface area contributed by atoms with Crippen molar-refractivity contribution in [3.05, 3.63) is 106 Å². The molecule has 6 rings (SSSR count). The number of nitrogens with zero attached hydrogens (tertiary/aromatic N) is 2. The number of fused-ring (bicyclic) bond motifs is 2. The van der Waals surface area contributed by atoms with Gasteiger partial charge in [0.1, 0.15) is 5.82 Å². The number of hydrogen-bond acceptors (Lipinski definition) is 3. The van der Waals surface area contributed by atoms with Crippen LogP contribution in [0.25, 0.3) is 5.57 Å². The van der Waals surface area contributed by atoms with E-state index in [9.17, 15) is 22.4 Å². The van der Waals surface area contributed by atoms with Crippen molar-refractivity contribution in [1.29, 1.82) is 0 Å². The largest absolute Gasteiger partial charge is 0.416 e. The van der Waals surface area contributed by atoms with Gasteiger partial charge in [-0.15, -0.1) is 0 Å². The molecule has 0 atom stereocenters. The molecule has 1 fully saturated rings. The highest BCUT2D eigenvalue weighted by Gasteiger charge is 2.31. The molecule has 0 N–H and O–H groups in total. The number of hydrogen-bond donors (Lipinski definition) is 0. The summed E-state index contributed by atoms with van der Waals surface area (Å²) in [5.74, 6) is 0.275. The van der Waals surface area contributed by atoms with E-state index in [0.29, 0.717) is 18.9 Å². The predicted molar refractivity (Wildman–Crippen MR) is 149 cm³/mol. The SMILES string of the molecule is O=C(CC1CCN(c2ccc(F)cc2)CC1)c1ccc2c(c1)C1=C(CCN(Cc3ccc(C(F)(F)F)cc3)C1)C2. The number of rotatable bonds is 6. The maximum Gasteiger partial charge on any atom is 0.416 e. The summed E-state index contributed by atoms with van der Waals surface area (Å²) in [5, 5.41) is 0. The topological polar surface area (TPSA) is 23.6 Å². The fourth-order valence-corrected chi connectivity index (χ4v) is 6.36. The summed E-state index contributed by atoms with van der Waals surface area (Å²) in [6.45, 7) is 3.93. The maximum absolute atomic E-state index is 13.3. The number of anilines is 1. The smallest absolute Gasteiger partial charge is 0.372 e. The van der Waals surface area contributed by atoms with Gasteiger partial charge in [-0.2, -0.15) is 13.2 Å². The molecule has 2 aliphatic heterocycles. The van der Waals surface area contributed by atoms with Gasteiger partial charge in [-0.1, -0.05) is 29.8 Å². The molecule has 0 bridgehead atoms. The molecule has 3 aromatic rings. The maximum atomic E-state index is 13.3. The summed E-state index contributed by atoms with van der Waals surface area (Å²) in [6, 6.07) is 18.2. The zero-order valence-electron chi connectivity index (χ0n) is 22.3. The highest BCUT2D eigenvalue weighted by molar-refractivity contribution is 5.97. The quantitative estimate of drug-likeness (QED) is 0.235. The van der Waals surface area contributed by atoms with Crippen molar-refractivity contribution >= 4 is 17.0 Å². The zero-order valence-corrected chi connectivity index (χ0v) is 22.3. The van der Waals surface area contributed by atoms with E-state index >= 15 is 0 Å². The van der Waals surface area contributed by atoms with Gasteiger partial charge in [-0.3, -0.25) is 9.69 Å². The van der Waals surface area contributed by atoms with Crippen LogP contribution in [0.5, 0.6) is 0 Å². The van der Waals surface area contributed by atoms with Crippen molar-refractivity contribution in [3.8, 4) is 0 Å². The number of carbonyl (C=O) groups is 1. The molecule has 208 valence electrons. The normalized spacial score (nSPS) is 18.1. The van der Waals surface area contributed by atoms with Gasteiger partial charge in [-0.05, 0) is 96.3 Å². The van der Waals surface area contributed by atoms with Crippen LogP contribution in [0.3, 0.4) is 0 Å². The van der Waals surface area contributed by atoms with Crippen LogP contribution in [-0.2, 0) is 19.1 Å². The molecular weight excluding hydrogens is 516 g/mol. The predicted octanol–water partition coefficient (Wildman–Crippen LogP) is 7.55. The lowest BCUT2D eigenvalue weighted by Crippen LogP contribution is -2.34. The van der Waals surface area contributed by atoms with E-state index in [1.807, 2.05) is 18.2 Å². The molecule has 1 saturated heterocycles. The van der Waals surface area contributed by atoms with Crippen molar-refractivity contribution in [2.75, 3.05) is 31.1 Å². The molecule has 0 saturated carbocycles. The number of alkyl halides is 3. The second-order valence-corrected chi connectivity index (χ2v) is 11.3. The molecule has 1 aliphatic carbocycles. The third-order valence-electron chi connectivity index (χ3n) is 8.67. The van der Waals surface area contributed by atoms with Gasteiger partial charge in [0, 0.05) is 50.4 Å². The monoisotopic (exact) mass is 548 g/mol. The Morgan fingerprint density at radius 2 is 1.62 bits per heavy atom. The summed E-state index contributed by atoms with van der Waals surface area (Å²) in [6.07, 6.45) is -0.0877. The first kappa shape index (κ1) is 26.8. The van der Waals surface area contributed by atoms with Crippen LogP contribution in [0, 0.1) is 11.7 Å². The molecule has 0 aromatic heterocycles. The summed E-state index contributed by atoms with van der Waals surface area (Å²) < 4.78 is 52.0. The minimum atomic E-state index is -4.33. The summed E-state index contributed by atoms with van der Waals surface area (Å²) in [7, 11) is 0. The molecular formula is C33H32F4N2O. The van der Waals surface area contributed by atoms with E-state index in [4.69, 9.17) is 0 Å². The number of piperidine rings is 1. The highest BCUT2D eigenvalue weighted by atomic mass is 19.4. The zero-order chi connectivity index (χ0) is 27.9. The van der Waals surface area contributed by atoms with Gasteiger partial charge < -0.3 is 4.90 Å². The molecule has 40 heavy (non-hydrogen) atoms. The molecule has 0 amide bonds. The van der Waals surface area contributed by atoms with Gasteiger partial charge in [0.2, 0.25) is 0 Å². The Labute approximate surface area is 232 Å². The number of benzene rings is 3. The molecule has 3 aliphatic rings. The molecule has 7 heteroatoms. The number of carbonyl (C=O) groups excluding carboxylic acids is 1. The van der Waals surface area contributed by atoms with Crippen molar-refractivity contribution < 1.29 is 22.4 Å². The van der Waals surface area contributed by atoms with E-state index in [1.54, 1.807) is 12.1 Å². The first-order chi connectivity index (χ1) is 19.2. The third kappa shape index (κ3) is 5.71. The van der Waals surface area contributed by atoms with Crippen LogP contribution in [0.1, 0.15) is 58.3 Å². The Bertz CT molecular complexity index is 1420. The Morgan fingerprint density at radius 1 is 0.900 bits per heavy atom. The second-order valence-electron chi connectivity index (χ2n) is 11.3. The average Bonchev–Trinajstić information content (AvgIpc) is 3.31. The van der Waals surface area contributed by atoms with E-state index in [0.717, 1.165) is 86.4 Å². The minimum absolute atomic E-state index is 0.175. The van der Waals surface area contributed by atoms with E-state index in [1.165, 1.54) is 28.8 Å².